The third kappa shape index (κ3) is 2.58. The van der Waals surface area contributed by atoms with Gasteiger partial charge in [-0.25, -0.2) is 0 Å². The zero-order valence-electron chi connectivity index (χ0n) is 13.0. The number of nitrogens with zero attached hydrogens (tertiary/aromatic N) is 3. The van der Waals surface area contributed by atoms with Gasteiger partial charge in [-0.3, -0.25) is 4.79 Å². The standard InChI is InChI=1S/C17H20N4O2/c22-14-9-12-5-2-1-4-11(12)8-13(14)17(23)18-10-16-20-19-15-6-3-7-21(15)16/h8-9,22H,1-7,10H2,(H,18,23). The van der Waals surface area contributed by atoms with Crippen molar-refractivity contribution in [1.82, 2.24) is 20.1 Å². The number of fused-ring (bicyclic) bond motifs is 2. The number of amides is 1. The highest BCUT2D eigenvalue weighted by molar-refractivity contribution is 5.97. The van der Waals surface area contributed by atoms with Gasteiger partial charge in [-0.2, -0.15) is 0 Å². The summed E-state index contributed by atoms with van der Waals surface area (Å²) in [5.74, 6) is 1.58. The molecule has 0 saturated heterocycles. The third-order valence-electron chi connectivity index (χ3n) is 4.80. The molecule has 0 radical (unpaired) electrons. The Hall–Kier alpha value is -2.37. The number of hydrogen-bond donors (Lipinski definition) is 2. The maximum Gasteiger partial charge on any atom is 0.255 e. The maximum atomic E-state index is 12.4. The van der Waals surface area contributed by atoms with Crippen LogP contribution in [0.1, 0.15) is 52.4 Å². The Morgan fingerprint density at radius 3 is 2.74 bits per heavy atom. The summed E-state index contributed by atoms with van der Waals surface area (Å²) in [6, 6.07) is 3.59. The van der Waals surface area contributed by atoms with E-state index < -0.39 is 0 Å². The van der Waals surface area contributed by atoms with Crippen LogP contribution in [0.3, 0.4) is 0 Å². The van der Waals surface area contributed by atoms with Crippen molar-refractivity contribution in [2.24, 2.45) is 0 Å². The smallest absolute Gasteiger partial charge is 0.255 e. The van der Waals surface area contributed by atoms with Gasteiger partial charge >= 0.3 is 0 Å². The fourth-order valence-corrected chi connectivity index (χ4v) is 3.55. The van der Waals surface area contributed by atoms with Gasteiger partial charge in [0.1, 0.15) is 11.6 Å². The number of aryl methyl sites for hydroxylation is 3. The van der Waals surface area contributed by atoms with E-state index >= 15 is 0 Å². The summed E-state index contributed by atoms with van der Waals surface area (Å²) in [6.07, 6.45) is 6.29. The van der Waals surface area contributed by atoms with E-state index in [1.165, 1.54) is 11.1 Å². The second-order valence-corrected chi connectivity index (χ2v) is 6.32. The number of hydrogen-bond acceptors (Lipinski definition) is 4. The predicted molar refractivity (Wildman–Crippen MR) is 84.3 cm³/mol. The van der Waals surface area contributed by atoms with Gasteiger partial charge in [-0.15, -0.1) is 10.2 Å². The van der Waals surface area contributed by atoms with Gasteiger partial charge in [0, 0.05) is 13.0 Å². The molecule has 0 saturated carbocycles. The second kappa shape index (κ2) is 5.68. The summed E-state index contributed by atoms with van der Waals surface area (Å²) in [5.41, 5.74) is 2.70. The molecule has 0 spiro atoms. The summed E-state index contributed by atoms with van der Waals surface area (Å²) < 4.78 is 2.06. The van der Waals surface area contributed by atoms with Gasteiger partial charge in [0.25, 0.3) is 5.91 Å². The fourth-order valence-electron chi connectivity index (χ4n) is 3.55. The number of rotatable bonds is 3. The highest BCUT2D eigenvalue weighted by Gasteiger charge is 2.20. The molecule has 1 aliphatic heterocycles. The normalized spacial score (nSPS) is 16.0. The first-order valence-electron chi connectivity index (χ1n) is 8.26. The van der Waals surface area contributed by atoms with Crippen molar-refractivity contribution in [3.8, 4) is 5.75 Å². The number of aromatic nitrogens is 3. The molecule has 1 aliphatic carbocycles. The molecule has 0 bridgehead atoms. The number of nitrogens with one attached hydrogen (secondary N) is 1. The molecule has 4 rings (SSSR count). The molecule has 2 aromatic rings. The van der Waals surface area contributed by atoms with Crippen LogP contribution in [0, 0.1) is 0 Å². The molecule has 0 unspecified atom stereocenters. The van der Waals surface area contributed by atoms with E-state index in [-0.39, 0.29) is 11.7 Å². The SMILES string of the molecule is O=C(NCc1nnc2n1CCC2)c1cc2c(cc1O)CCCC2. The number of carbonyl (C=O) groups is 1. The number of phenols is 1. The minimum absolute atomic E-state index is 0.0645. The van der Waals surface area contributed by atoms with Crippen molar-refractivity contribution >= 4 is 5.91 Å². The Morgan fingerprint density at radius 1 is 1.13 bits per heavy atom. The summed E-state index contributed by atoms with van der Waals surface area (Å²) in [7, 11) is 0. The van der Waals surface area contributed by atoms with Crippen LogP contribution in [-0.2, 0) is 32.4 Å². The molecule has 2 N–H and O–H groups in total. The Balaban J connectivity index is 1.50. The Labute approximate surface area is 134 Å². The van der Waals surface area contributed by atoms with E-state index in [1.807, 2.05) is 6.07 Å². The van der Waals surface area contributed by atoms with Gasteiger partial charge in [0.05, 0.1) is 12.1 Å². The number of phenolic OH excluding ortho intramolecular Hbond substituents is 1. The van der Waals surface area contributed by atoms with E-state index in [9.17, 15) is 9.90 Å². The molecular formula is C17H20N4O2. The van der Waals surface area contributed by atoms with E-state index in [1.54, 1.807) is 6.07 Å². The molecular weight excluding hydrogens is 292 g/mol. The lowest BCUT2D eigenvalue weighted by molar-refractivity contribution is 0.0946. The van der Waals surface area contributed by atoms with Crippen LogP contribution in [0.25, 0.3) is 0 Å². The highest BCUT2D eigenvalue weighted by atomic mass is 16.3. The number of benzene rings is 1. The molecule has 23 heavy (non-hydrogen) atoms. The van der Waals surface area contributed by atoms with Crippen molar-refractivity contribution in [2.45, 2.75) is 51.6 Å². The average molecular weight is 312 g/mol. The topological polar surface area (TPSA) is 80.0 Å². The molecule has 6 heteroatoms. The fraction of sp³-hybridized carbons (Fsp3) is 0.471. The van der Waals surface area contributed by atoms with Crippen LogP contribution >= 0.6 is 0 Å². The first kappa shape index (κ1) is 14.2. The Kier molecular flexibility index (Phi) is 3.52. The molecule has 2 heterocycles. The van der Waals surface area contributed by atoms with Crippen LogP contribution < -0.4 is 5.32 Å². The van der Waals surface area contributed by atoms with Crippen molar-refractivity contribution < 1.29 is 9.90 Å². The summed E-state index contributed by atoms with van der Waals surface area (Å²) in [6.45, 7) is 1.25. The third-order valence-corrected chi connectivity index (χ3v) is 4.80. The molecule has 1 amide bonds. The van der Waals surface area contributed by atoms with Crippen molar-refractivity contribution in [3.05, 3.63) is 40.5 Å². The quantitative estimate of drug-likeness (QED) is 0.904. The number of carbonyl (C=O) groups excluding carboxylic acids is 1. The van der Waals surface area contributed by atoms with Crippen LogP contribution in [0.15, 0.2) is 12.1 Å². The molecule has 1 aromatic heterocycles. The molecule has 1 aromatic carbocycles. The monoisotopic (exact) mass is 312 g/mol. The highest BCUT2D eigenvalue weighted by Crippen LogP contribution is 2.28. The van der Waals surface area contributed by atoms with E-state index in [4.69, 9.17) is 0 Å². The van der Waals surface area contributed by atoms with E-state index in [0.29, 0.717) is 12.1 Å². The largest absolute Gasteiger partial charge is 0.507 e. The first-order chi connectivity index (χ1) is 11.2. The van der Waals surface area contributed by atoms with Gasteiger partial charge in [-0.05, 0) is 55.4 Å². The summed E-state index contributed by atoms with van der Waals surface area (Å²) in [5, 5.41) is 21.3. The lowest BCUT2D eigenvalue weighted by atomic mass is 9.90. The lowest BCUT2D eigenvalue weighted by Gasteiger charge is -2.17. The maximum absolute atomic E-state index is 12.4. The van der Waals surface area contributed by atoms with Gasteiger partial charge < -0.3 is 15.0 Å². The minimum Gasteiger partial charge on any atom is -0.507 e. The van der Waals surface area contributed by atoms with Crippen molar-refractivity contribution in [3.63, 3.8) is 0 Å². The molecule has 120 valence electrons. The van der Waals surface area contributed by atoms with Crippen LogP contribution in [0.4, 0.5) is 0 Å². The summed E-state index contributed by atoms with van der Waals surface area (Å²) in [4.78, 5) is 12.4. The Bertz CT molecular complexity index is 766. The predicted octanol–water partition coefficient (Wildman–Crippen LogP) is 1.74. The van der Waals surface area contributed by atoms with Crippen LogP contribution in [0.5, 0.6) is 5.75 Å². The van der Waals surface area contributed by atoms with Gasteiger partial charge in [0.15, 0.2) is 5.82 Å². The lowest BCUT2D eigenvalue weighted by Crippen LogP contribution is -2.25. The van der Waals surface area contributed by atoms with Gasteiger partial charge in [0.2, 0.25) is 0 Å². The van der Waals surface area contributed by atoms with Crippen LogP contribution in [0.2, 0.25) is 0 Å². The molecule has 0 fully saturated rings. The molecule has 0 atom stereocenters. The van der Waals surface area contributed by atoms with Gasteiger partial charge in [-0.1, -0.05) is 0 Å². The zero-order valence-corrected chi connectivity index (χ0v) is 13.0. The van der Waals surface area contributed by atoms with E-state index in [2.05, 4.69) is 20.1 Å². The zero-order chi connectivity index (χ0) is 15.8. The average Bonchev–Trinajstić information content (AvgIpc) is 3.15. The van der Waals surface area contributed by atoms with Crippen molar-refractivity contribution in [2.75, 3.05) is 0 Å². The minimum atomic E-state index is -0.258. The van der Waals surface area contributed by atoms with Crippen LogP contribution in [-0.4, -0.2) is 25.8 Å². The first-order valence-corrected chi connectivity index (χ1v) is 8.26. The molecule has 2 aliphatic rings. The molecule has 6 nitrogen and oxygen atoms in total. The van der Waals surface area contributed by atoms with E-state index in [0.717, 1.165) is 56.7 Å². The summed E-state index contributed by atoms with van der Waals surface area (Å²) >= 11 is 0. The second-order valence-electron chi connectivity index (χ2n) is 6.32. The number of aromatic hydroxyl groups is 1. The Morgan fingerprint density at radius 2 is 1.91 bits per heavy atom. The van der Waals surface area contributed by atoms with Crippen molar-refractivity contribution in [1.29, 1.82) is 0 Å².